The van der Waals surface area contributed by atoms with E-state index in [4.69, 9.17) is 4.74 Å². The fraction of sp³-hybridized carbons (Fsp3) is 0.348. The van der Waals surface area contributed by atoms with Gasteiger partial charge in [-0.1, -0.05) is 0 Å². The smallest absolute Gasteiger partial charge is 0.291 e. The largest absolute Gasteiger partial charge is 0.508 e. The quantitative estimate of drug-likeness (QED) is 0.309. The maximum atomic E-state index is 10.5. The molecule has 4 aromatic rings. The second-order valence-corrected chi connectivity index (χ2v) is 8.28. The van der Waals surface area contributed by atoms with Crippen molar-refractivity contribution in [3.05, 3.63) is 47.8 Å². The summed E-state index contributed by atoms with van der Waals surface area (Å²) in [5.41, 5.74) is 4.10. The minimum Gasteiger partial charge on any atom is -0.508 e. The first kappa shape index (κ1) is 19.3. The van der Waals surface area contributed by atoms with Crippen molar-refractivity contribution in [2.75, 3.05) is 0 Å². The summed E-state index contributed by atoms with van der Waals surface area (Å²) in [5, 5.41) is 44.7. The van der Waals surface area contributed by atoms with Gasteiger partial charge in [-0.3, -0.25) is 0 Å². The van der Waals surface area contributed by atoms with Gasteiger partial charge >= 0.3 is 0 Å². The van der Waals surface area contributed by atoms with Gasteiger partial charge in [0, 0.05) is 27.7 Å². The van der Waals surface area contributed by atoms with E-state index in [9.17, 15) is 20.4 Å². The van der Waals surface area contributed by atoms with E-state index >= 15 is 0 Å². The zero-order chi connectivity index (χ0) is 21.3. The number of aliphatic hydroxyl groups is 3. The monoisotopic (exact) mass is 409 g/mol. The van der Waals surface area contributed by atoms with Crippen LogP contribution in [0.1, 0.15) is 24.3 Å². The second kappa shape index (κ2) is 6.65. The lowest BCUT2D eigenvalue weighted by Gasteiger charge is -2.36. The molecule has 2 aromatic heterocycles. The average Bonchev–Trinajstić information content (AvgIpc) is 3.12. The predicted molar refractivity (Wildman–Crippen MR) is 112 cm³/mol. The molecule has 7 heteroatoms. The van der Waals surface area contributed by atoms with Crippen LogP contribution in [0.15, 0.2) is 36.7 Å². The Balaban J connectivity index is 1.74. The number of phenolic OH excluding ortho intramolecular Hbond substituents is 1. The van der Waals surface area contributed by atoms with E-state index < -0.39 is 30.6 Å². The molecule has 5 rings (SSSR count). The molecule has 0 bridgehead atoms. The number of aromatic nitrogens is 2. The Bertz CT molecular complexity index is 1300. The van der Waals surface area contributed by atoms with Crippen LogP contribution in [0.4, 0.5) is 0 Å². The summed E-state index contributed by atoms with van der Waals surface area (Å²) in [6, 6.07) is 7.27. The Hall–Kier alpha value is -2.71. The molecule has 30 heavy (non-hydrogen) atoms. The van der Waals surface area contributed by atoms with E-state index in [1.807, 2.05) is 31.5 Å². The summed E-state index contributed by atoms with van der Waals surface area (Å²) < 4.78 is 7.55. The molecule has 0 radical (unpaired) electrons. The molecular formula is C23H25N2O5+. The summed E-state index contributed by atoms with van der Waals surface area (Å²) in [6.07, 6.45) is -1.38. The normalized spacial score (nSPS) is 27.3. The Kier molecular flexibility index (Phi) is 4.27. The number of nitrogens with one attached hydrogen (secondary N) is 1. The Morgan fingerprint density at radius 1 is 0.933 bits per heavy atom. The molecule has 7 nitrogen and oxygen atoms in total. The van der Waals surface area contributed by atoms with Gasteiger partial charge in [-0.15, -0.1) is 0 Å². The molecule has 0 amide bonds. The first-order chi connectivity index (χ1) is 14.3. The number of aromatic amines is 1. The molecule has 156 valence electrons. The van der Waals surface area contributed by atoms with Gasteiger partial charge in [0.15, 0.2) is 18.5 Å². The fourth-order valence-electron chi connectivity index (χ4n) is 4.69. The van der Waals surface area contributed by atoms with Gasteiger partial charge in [0.1, 0.15) is 18.0 Å². The zero-order valence-electron chi connectivity index (χ0n) is 17.0. The Labute approximate surface area is 172 Å². The summed E-state index contributed by atoms with van der Waals surface area (Å²) in [6.45, 7) is 5.76. The number of phenols is 1. The number of aryl methyl sites for hydroxylation is 2. The summed E-state index contributed by atoms with van der Waals surface area (Å²) in [7, 11) is 0. The van der Waals surface area contributed by atoms with Gasteiger partial charge in [-0.25, -0.2) is 0 Å². The third kappa shape index (κ3) is 2.63. The standard InChI is InChI=1S/C23H24N2O5/c1-10-16-9-25(23-22(29)21(28)20(27)12(3)30-23)7-6-14(16)11(2)19-18(10)15-8-13(26)4-5-17(15)24-19/h4-9,12,20-23,26-29H,1-3H3/p+1/t12-,20+,21+,22-,23-/m0/s1. The lowest BCUT2D eigenvalue weighted by atomic mass is 9.96. The van der Waals surface area contributed by atoms with Crippen LogP contribution >= 0.6 is 0 Å². The van der Waals surface area contributed by atoms with Crippen LogP contribution in [0, 0.1) is 13.8 Å². The molecule has 2 aromatic carbocycles. The number of hydrogen-bond acceptors (Lipinski definition) is 5. The predicted octanol–water partition coefficient (Wildman–Crippen LogP) is 2.08. The number of aromatic hydroxyl groups is 1. The van der Waals surface area contributed by atoms with Crippen molar-refractivity contribution in [1.29, 1.82) is 0 Å². The molecule has 5 atom stereocenters. The van der Waals surface area contributed by atoms with E-state index in [0.29, 0.717) is 0 Å². The van der Waals surface area contributed by atoms with E-state index in [-0.39, 0.29) is 5.75 Å². The average molecular weight is 409 g/mol. The van der Waals surface area contributed by atoms with Crippen LogP contribution in [-0.4, -0.2) is 49.8 Å². The van der Waals surface area contributed by atoms with Gasteiger partial charge < -0.3 is 30.1 Å². The van der Waals surface area contributed by atoms with Gasteiger partial charge in [0.25, 0.3) is 6.23 Å². The van der Waals surface area contributed by atoms with Crippen molar-refractivity contribution in [3.63, 3.8) is 0 Å². The summed E-state index contributed by atoms with van der Waals surface area (Å²) in [4.78, 5) is 3.46. The van der Waals surface area contributed by atoms with Crippen LogP contribution < -0.4 is 4.57 Å². The number of benzene rings is 2. The van der Waals surface area contributed by atoms with Crippen molar-refractivity contribution in [3.8, 4) is 5.75 Å². The lowest BCUT2D eigenvalue weighted by molar-refractivity contribution is -0.776. The molecule has 0 aliphatic carbocycles. The molecule has 0 unspecified atom stereocenters. The van der Waals surface area contributed by atoms with E-state index in [0.717, 1.165) is 43.7 Å². The second-order valence-electron chi connectivity index (χ2n) is 8.28. The molecule has 1 aliphatic heterocycles. The number of aliphatic hydroxyl groups excluding tert-OH is 3. The molecule has 0 saturated carbocycles. The number of hydrogen-bond donors (Lipinski definition) is 5. The van der Waals surface area contributed by atoms with Gasteiger partial charge in [0.05, 0.1) is 11.6 Å². The number of nitrogens with zero attached hydrogens (tertiary/aromatic N) is 1. The number of rotatable bonds is 1. The van der Waals surface area contributed by atoms with E-state index in [2.05, 4.69) is 11.9 Å². The molecule has 3 heterocycles. The lowest BCUT2D eigenvalue weighted by Crippen LogP contribution is -2.61. The third-order valence-corrected chi connectivity index (χ3v) is 6.44. The Morgan fingerprint density at radius 2 is 1.70 bits per heavy atom. The zero-order valence-corrected chi connectivity index (χ0v) is 17.0. The van der Waals surface area contributed by atoms with Crippen LogP contribution in [0.3, 0.4) is 0 Å². The number of ether oxygens (including phenoxy) is 1. The third-order valence-electron chi connectivity index (χ3n) is 6.44. The molecule has 1 saturated heterocycles. The highest BCUT2D eigenvalue weighted by molar-refractivity contribution is 6.16. The maximum Gasteiger partial charge on any atom is 0.291 e. The van der Waals surface area contributed by atoms with Crippen LogP contribution in [0.2, 0.25) is 0 Å². The molecular weight excluding hydrogens is 384 g/mol. The SMILES string of the molecule is Cc1c2cc[n+]([C@H]3O[C@@H](C)[C@@H](O)[C@@H](O)[C@@H]3O)cc2c(C)c2c1[nH]c1ccc(O)cc12. The number of H-pyrrole nitrogens is 1. The highest BCUT2D eigenvalue weighted by Gasteiger charge is 2.46. The molecule has 1 aliphatic rings. The van der Waals surface area contributed by atoms with E-state index in [1.165, 1.54) is 0 Å². The Morgan fingerprint density at radius 3 is 2.47 bits per heavy atom. The van der Waals surface area contributed by atoms with Crippen LogP contribution in [0.5, 0.6) is 5.75 Å². The van der Waals surface area contributed by atoms with Gasteiger partial charge in [-0.2, -0.15) is 4.57 Å². The van der Waals surface area contributed by atoms with E-state index in [1.54, 1.807) is 23.6 Å². The van der Waals surface area contributed by atoms with Crippen LogP contribution in [-0.2, 0) is 4.74 Å². The minimum atomic E-state index is -1.29. The van der Waals surface area contributed by atoms with Crippen molar-refractivity contribution in [1.82, 2.24) is 4.98 Å². The highest BCUT2D eigenvalue weighted by Crippen LogP contribution is 2.37. The van der Waals surface area contributed by atoms with Gasteiger partial charge in [-0.05, 0) is 55.5 Å². The van der Waals surface area contributed by atoms with Crippen molar-refractivity contribution in [2.45, 2.75) is 51.4 Å². The minimum absolute atomic E-state index is 0.212. The highest BCUT2D eigenvalue weighted by atomic mass is 16.5. The van der Waals surface area contributed by atoms with Crippen molar-refractivity contribution in [2.24, 2.45) is 0 Å². The maximum absolute atomic E-state index is 10.5. The number of fused-ring (bicyclic) bond motifs is 4. The fourth-order valence-corrected chi connectivity index (χ4v) is 4.69. The van der Waals surface area contributed by atoms with Crippen molar-refractivity contribution >= 4 is 32.6 Å². The topological polar surface area (TPSA) is 110 Å². The number of pyridine rings is 1. The van der Waals surface area contributed by atoms with Crippen molar-refractivity contribution < 1.29 is 29.7 Å². The molecule has 0 spiro atoms. The molecule has 1 fully saturated rings. The first-order valence-electron chi connectivity index (χ1n) is 10.1. The summed E-state index contributed by atoms with van der Waals surface area (Å²) >= 11 is 0. The first-order valence-corrected chi connectivity index (χ1v) is 10.1. The molecule has 5 N–H and O–H groups in total. The summed E-state index contributed by atoms with van der Waals surface area (Å²) in [5.74, 6) is 0.212. The van der Waals surface area contributed by atoms with Crippen LogP contribution in [0.25, 0.3) is 32.6 Å². The van der Waals surface area contributed by atoms with Gasteiger partial charge in [0.2, 0.25) is 0 Å².